The molecule has 1 N–H and O–H groups in total. The number of benzene rings is 1. The summed E-state index contributed by atoms with van der Waals surface area (Å²) in [5.74, 6) is 1.10. The van der Waals surface area contributed by atoms with Gasteiger partial charge in [-0.15, -0.1) is 11.3 Å². The van der Waals surface area contributed by atoms with Gasteiger partial charge in [-0.2, -0.15) is 0 Å². The second kappa shape index (κ2) is 11.5. The molecule has 2 unspecified atom stereocenters. The topological polar surface area (TPSA) is 117 Å². The van der Waals surface area contributed by atoms with E-state index in [0.29, 0.717) is 35.6 Å². The van der Waals surface area contributed by atoms with E-state index in [-0.39, 0.29) is 12.5 Å². The molecule has 2 aliphatic rings. The summed E-state index contributed by atoms with van der Waals surface area (Å²) >= 11 is 1.73. The molecule has 2 atom stereocenters. The molecule has 1 aliphatic carbocycles. The third kappa shape index (κ3) is 5.74. The second-order valence-electron chi connectivity index (χ2n) is 12.7. The number of hydrogen-bond donors (Lipinski definition) is 1. The number of aryl methyl sites for hydroxylation is 1. The van der Waals surface area contributed by atoms with Crippen molar-refractivity contribution < 1.29 is 28.6 Å². The number of rotatable bonds is 7. The highest BCUT2D eigenvalue weighted by atomic mass is 32.1. The Hall–Kier alpha value is -4.06. The van der Waals surface area contributed by atoms with Gasteiger partial charge in [-0.3, -0.25) is 4.79 Å². The summed E-state index contributed by atoms with van der Waals surface area (Å²) in [4.78, 5) is 47.1. The summed E-state index contributed by atoms with van der Waals surface area (Å²) in [5.41, 5.74) is 2.09. The number of amides is 2. The number of methoxy groups -OCH3 is 2. The van der Waals surface area contributed by atoms with Crippen molar-refractivity contribution in [1.82, 2.24) is 24.3 Å². The van der Waals surface area contributed by atoms with Crippen molar-refractivity contribution in [2.75, 3.05) is 20.8 Å². The molecule has 1 saturated carbocycles. The lowest BCUT2D eigenvalue weighted by atomic mass is 9.97. The SMILES string of the molecule is COC(=O)C1CCC(NC(=O)OC(C)(C)C)CN1C(=O)c1cc(OC)c2c(c1)nc(-c1cc3ccsc3n1CC1CC1)n2C. The van der Waals surface area contributed by atoms with E-state index in [1.165, 1.54) is 35.1 Å². The summed E-state index contributed by atoms with van der Waals surface area (Å²) in [6.07, 6.45) is 2.74. The van der Waals surface area contributed by atoms with Gasteiger partial charge < -0.3 is 33.6 Å². The summed E-state index contributed by atoms with van der Waals surface area (Å²) in [7, 11) is 4.84. The van der Waals surface area contributed by atoms with Crippen LogP contribution in [0.3, 0.4) is 0 Å². The molecular weight excluding hydrogens is 582 g/mol. The van der Waals surface area contributed by atoms with Gasteiger partial charge in [0.25, 0.3) is 5.91 Å². The minimum absolute atomic E-state index is 0.122. The predicted octanol–water partition coefficient (Wildman–Crippen LogP) is 5.35. The first-order valence-corrected chi connectivity index (χ1v) is 15.8. The summed E-state index contributed by atoms with van der Waals surface area (Å²) in [6, 6.07) is 6.57. The normalized spacial score (nSPS) is 18.9. The van der Waals surface area contributed by atoms with Crippen LogP contribution in [0.4, 0.5) is 4.79 Å². The van der Waals surface area contributed by atoms with Crippen LogP contribution in [-0.2, 0) is 27.9 Å². The fraction of sp³-hybridized carbons (Fsp3) is 0.500. The molecule has 2 fully saturated rings. The average molecular weight is 622 g/mol. The van der Waals surface area contributed by atoms with Crippen LogP contribution >= 0.6 is 11.3 Å². The number of thiophene rings is 1. The number of esters is 1. The van der Waals surface area contributed by atoms with E-state index in [1.54, 1.807) is 51.4 Å². The predicted molar refractivity (Wildman–Crippen MR) is 168 cm³/mol. The Morgan fingerprint density at radius 2 is 1.86 bits per heavy atom. The molecule has 3 aromatic heterocycles. The molecule has 1 aliphatic heterocycles. The van der Waals surface area contributed by atoms with Gasteiger partial charge in [-0.25, -0.2) is 14.6 Å². The maximum Gasteiger partial charge on any atom is 0.407 e. The van der Waals surface area contributed by atoms with Gasteiger partial charge in [0.15, 0.2) is 5.82 Å². The minimum atomic E-state index is -0.788. The van der Waals surface area contributed by atoms with Gasteiger partial charge in [0.05, 0.1) is 25.4 Å². The Bertz CT molecular complexity index is 1740. The standard InChI is InChI=1S/C32H39N5O6S/c1-32(2,3)43-31(40)33-21-9-10-23(30(39)42-6)36(17-21)28(38)20-13-22-26(25(15-20)41-5)35(4)27(34-22)24-14-19-11-12-44-29(19)37(24)16-18-7-8-18/h11-15,18,21,23H,7-10,16-17H2,1-6H3,(H,33,40). The maximum absolute atomic E-state index is 14.1. The zero-order valence-corrected chi connectivity index (χ0v) is 26.8. The molecule has 4 aromatic rings. The smallest absolute Gasteiger partial charge is 0.407 e. The minimum Gasteiger partial charge on any atom is -0.494 e. The quantitative estimate of drug-likeness (QED) is 0.277. The van der Waals surface area contributed by atoms with E-state index in [4.69, 9.17) is 19.2 Å². The molecule has 4 heterocycles. The van der Waals surface area contributed by atoms with Crippen LogP contribution in [0.1, 0.15) is 56.8 Å². The number of ether oxygens (including phenoxy) is 3. The van der Waals surface area contributed by atoms with Gasteiger partial charge in [-0.1, -0.05) is 0 Å². The summed E-state index contributed by atoms with van der Waals surface area (Å²) in [5, 5.41) is 6.16. The molecule has 1 aromatic carbocycles. The van der Waals surface area contributed by atoms with Crippen LogP contribution in [-0.4, -0.2) is 75.4 Å². The van der Waals surface area contributed by atoms with Crippen molar-refractivity contribution in [3.8, 4) is 17.3 Å². The molecule has 0 spiro atoms. The van der Waals surface area contributed by atoms with E-state index in [1.807, 2.05) is 11.6 Å². The summed E-state index contributed by atoms with van der Waals surface area (Å²) in [6.45, 7) is 6.44. The van der Waals surface area contributed by atoms with Crippen LogP contribution in [0.15, 0.2) is 29.6 Å². The number of imidazole rings is 1. The third-order valence-electron chi connectivity index (χ3n) is 8.31. The molecule has 12 heteroatoms. The maximum atomic E-state index is 14.1. The van der Waals surface area contributed by atoms with E-state index >= 15 is 0 Å². The third-order valence-corrected chi connectivity index (χ3v) is 9.26. The lowest BCUT2D eigenvalue weighted by Crippen LogP contribution is -2.56. The Balaban J connectivity index is 1.35. The van der Waals surface area contributed by atoms with Crippen LogP contribution in [0.5, 0.6) is 5.75 Å². The first kappa shape index (κ1) is 30.0. The van der Waals surface area contributed by atoms with Crippen molar-refractivity contribution in [2.45, 2.75) is 70.7 Å². The van der Waals surface area contributed by atoms with Gasteiger partial charge in [0, 0.05) is 37.1 Å². The highest BCUT2D eigenvalue weighted by molar-refractivity contribution is 7.16. The van der Waals surface area contributed by atoms with E-state index in [9.17, 15) is 14.4 Å². The van der Waals surface area contributed by atoms with Gasteiger partial charge in [-0.05, 0) is 82.0 Å². The fourth-order valence-electron chi connectivity index (χ4n) is 6.05. The van der Waals surface area contributed by atoms with E-state index < -0.39 is 29.7 Å². The largest absolute Gasteiger partial charge is 0.494 e. The van der Waals surface area contributed by atoms with Crippen LogP contribution in [0.25, 0.3) is 32.8 Å². The number of hydrogen-bond acceptors (Lipinski definition) is 8. The van der Waals surface area contributed by atoms with E-state index in [0.717, 1.165) is 23.6 Å². The molecule has 2 amide bonds. The zero-order valence-electron chi connectivity index (χ0n) is 26.0. The van der Waals surface area contributed by atoms with Crippen molar-refractivity contribution in [1.29, 1.82) is 0 Å². The summed E-state index contributed by atoms with van der Waals surface area (Å²) < 4.78 is 20.6. The van der Waals surface area contributed by atoms with Crippen molar-refractivity contribution in [3.05, 3.63) is 35.2 Å². The molecule has 6 rings (SSSR count). The number of aromatic nitrogens is 3. The molecule has 44 heavy (non-hydrogen) atoms. The molecular formula is C32H39N5O6S. The molecule has 234 valence electrons. The van der Waals surface area contributed by atoms with E-state index in [2.05, 4.69) is 27.4 Å². The number of carbonyl (C=O) groups is 3. The lowest BCUT2D eigenvalue weighted by Gasteiger charge is -2.38. The van der Waals surface area contributed by atoms with Crippen molar-refractivity contribution in [3.63, 3.8) is 0 Å². The van der Waals surface area contributed by atoms with Crippen molar-refractivity contribution in [2.24, 2.45) is 13.0 Å². The Labute approximate surface area is 260 Å². The van der Waals surface area contributed by atoms with Gasteiger partial charge >= 0.3 is 12.1 Å². The first-order valence-electron chi connectivity index (χ1n) is 15.0. The molecule has 0 bridgehead atoms. The van der Waals surface area contributed by atoms with Crippen molar-refractivity contribution >= 4 is 50.6 Å². The number of fused-ring (bicyclic) bond motifs is 2. The number of piperidine rings is 1. The highest BCUT2D eigenvalue weighted by Gasteiger charge is 2.38. The Kier molecular flexibility index (Phi) is 7.81. The highest BCUT2D eigenvalue weighted by Crippen LogP contribution is 2.39. The zero-order chi connectivity index (χ0) is 31.3. The number of likely N-dealkylation sites (tertiary alicyclic amines) is 1. The molecule has 11 nitrogen and oxygen atoms in total. The number of nitrogens with zero attached hydrogens (tertiary/aromatic N) is 4. The number of carbonyl (C=O) groups excluding carboxylic acids is 3. The molecule has 1 saturated heterocycles. The Morgan fingerprint density at radius 3 is 2.55 bits per heavy atom. The Morgan fingerprint density at radius 1 is 1.09 bits per heavy atom. The van der Waals surface area contributed by atoms with Gasteiger partial charge in [0.2, 0.25) is 0 Å². The second-order valence-corrected chi connectivity index (χ2v) is 13.6. The fourth-order valence-corrected chi connectivity index (χ4v) is 6.96. The lowest BCUT2D eigenvalue weighted by molar-refractivity contribution is -0.147. The number of nitrogens with one attached hydrogen (secondary N) is 1. The van der Waals surface area contributed by atoms with Crippen LogP contribution < -0.4 is 10.1 Å². The van der Waals surface area contributed by atoms with Crippen LogP contribution in [0.2, 0.25) is 0 Å². The van der Waals surface area contributed by atoms with Crippen LogP contribution in [0, 0.1) is 5.92 Å². The molecule has 0 radical (unpaired) electrons. The first-order chi connectivity index (χ1) is 21.0. The van der Waals surface area contributed by atoms with Gasteiger partial charge in [0.1, 0.15) is 27.7 Å². The monoisotopic (exact) mass is 621 g/mol. The average Bonchev–Trinajstić information content (AvgIpc) is 3.43. The number of alkyl carbamates (subject to hydrolysis) is 1.